The summed E-state index contributed by atoms with van der Waals surface area (Å²) in [5.74, 6) is -0.281. The summed E-state index contributed by atoms with van der Waals surface area (Å²) in [4.78, 5) is 10.6. The zero-order valence-corrected chi connectivity index (χ0v) is 8.80. The molecule has 1 amide bonds. The second kappa shape index (κ2) is 10.3. The highest BCUT2D eigenvalue weighted by Crippen LogP contribution is 2.08. The van der Waals surface area contributed by atoms with Gasteiger partial charge in [0, 0.05) is 6.42 Å². The van der Waals surface area contributed by atoms with Gasteiger partial charge >= 0.3 is 0 Å². The number of allylic oxidation sites excluding steroid dienone is 1. The van der Waals surface area contributed by atoms with Crippen LogP contribution in [0, 0.1) is 0 Å². The minimum Gasteiger partial charge on any atom is -0.289 e. The van der Waals surface area contributed by atoms with E-state index in [9.17, 15) is 4.79 Å². The number of amides is 1. The lowest BCUT2D eigenvalue weighted by molar-refractivity contribution is -0.129. The standard InChI is InChI=1S/C11H21NO2/c1-2-3-4-5-6-7-8-9-10-11(13)12-14/h2,14H,1,3-10H2,(H,12,13). The summed E-state index contributed by atoms with van der Waals surface area (Å²) in [7, 11) is 0. The van der Waals surface area contributed by atoms with E-state index in [2.05, 4.69) is 6.58 Å². The van der Waals surface area contributed by atoms with Gasteiger partial charge in [-0.2, -0.15) is 0 Å². The van der Waals surface area contributed by atoms with E-state index in [0.29, 0.717) is 6.42 Å². The molecule has 0 saturated heterocycles. The Balaban J connectivity index is 2.98. The molecule has 0 fully saturated rings. The molecule has 0 unspecified atom stereocenters. The van der Waals surface area contributed by atoms with Crippen LogP contribution in [0.3, 0.4) is 0 Å². The molecule has 0 aromatic carbocycles. The Morgan fingerprint density at radius 2 is 1.71 bits per heavy atom. The molecule has 0 radical (unpaired) electrons. The predicted octanol–water partition coefficient (Wildman–Crippen LogP) is 2.80. The Kier molecular flexibility index (Phi) is 9.64. The van der Waals surface area contributed by atoms with Crippen molar-refractivity contribution in [3.05, 3.63) is 12.7 Å². The molecule has 3 heteroatoms. The van der Waals surface area contributed by atoms with Gasteiger partial charge in [0.05, 0.1) is 0 Å². The molecule has 0 aromatic rings. The van der Waals surface area contributed by atoms with Gasteiger partial charge in [0.2, 0.25) is 5.91 Å². The molecular formula is C11H21NO2. The molecule has 0 bridgehead atoms. The SMILES string of the molecule is C=CCCCCCCCCC(=O)NO. The summed E-state index contributed by atoms with van der Waals surface area (Å²) >= 11 is 0. The first-order valence-corrected chi connectivity index (χ1v) is 5.35. The quantitative estimate of drug-likeness (QED) is 0.259. The molecule has 14 heavy (non-hydrogen) atoms. The van der Waals surface area contributed by atoms with Gasteiger partial charge in [-0.25, -0.2) is 5.48 Å². The van der Waals surface area contributed by atoms with Crippen molar-refractivity contribution in [2.45, 2.75) is 51.4 Å². The summed E-state index contributed by atoms with van der Waals surface area (Å²) in [6.45, 7) is 3.67. The Bertz CT molecular complexity index is 157. The van der Waals surface area contributed by atoms with E-state index in [-0.39, 0.29) is 5.91 Å². The predicted molar refractivity (Wildman–Crippen MR) is 57.1 cm³/mol. The first-order chi connectivity index (χ1) is 6.81. The van der Waals surface area contributed by atoms with Crippen molar-refractivity contribution in [2.24, 2.45) is 0 Å². The van der Waals surface area contributed by atoms with Crippen LogP contribution in [0.25, 0.3) is 0 Å². The van der Waals surface area contributed by atoms with Crippen LogP contribution in [0.5, 0.6) is 0 Å². The van der Waals surface area contributed by atoms with Gasteiger partial charge < -0.3 is 0 Å². The van der Waals surface area contributed by atoms with Crippen molar-refractivity contribution in [3.8, 4) is 0 Å². The van der Waals surface area contributed by atoms with Crippen molar-refractivity contribution >= 4 is 5.91 Å². The first-order valence-electron chi connectivity index (χ1n) is 5.35. The second-order valence-electron chi connectivity index (χ2n) is 3.48. The van der Waals surface area contributed by atoms with E-state index in [4.69, 9.17) is 5.21 Å². The van der Waals surface area contributed by atoms with E-state index in [1.807, 2.05) is 6.08 Å². The van der Waals surface area contributed by atoms with Gasteiger partial charge in [-0.15, -0.1) is 6.58 Å². The number of unbranched alkanes of at least 4 members (excludes halogenated alkanes) is 6. The number of carbonyl (C=O) groups excluding carboxylic acids is 1. The Hall–Kier alpha value is -0.830. The van der Waals surface area contributed by atoms with Crippen LogP contribution >= 0.6 is 0 Å². The molecule has 0 aliphatic rings. The molecule has 0 saturated carbocycles. The van der Waals surface area contributed by atoms with E-state index in [1.54, 1.807) is 5.48 Å². The maximum atomic E-state index is 10.6. The van der Waals surface area contributed by atoms with Crippen molar-refractivity contribution in [3.63, 3.8) is 0 Å². The maximum Gasteiger partial charge on any atom is 0.243 e. The minimum absolute atomic E-state index is 0.281. The van der Waals surface area contributed by atoms with Crippen molar-refractivity contribution in [1.29, 1.82) is 0 Å². The van der Waals surface area contributed by atoms with Crippen LogP contribution in [0.2, 0.25) is 0 Å². The number of hydrogen-bond acceptors (Lipinski definition) is 2. The fourth-order valence-electron chi connectivity index (χ4n) is 1.34. The molecule has 3 nitrogen and oxygen atoms in total. The topological polar surface area (TPSA) is 49.3 Å². The molecule has 0 atom stereocenters. The molecule has 0 aromatic heterocycles. The average Bonchev–Trinajstić information content (AvgIpc) is 2.21. The highest BCUT2D eigenvalue weighted by Gasteiger charge is 1.97. The average molecular weight is 199 g/mol. The third-order valence-electron chi connectivity index (χ3n) is 2.19. The van der Waals surface area contributed by atoms with Crippen molar-refractivity contribution in [2.75, 3.05) is 0 Å². The van der Waals surface area contributed by atoms with E-state index < -0.39 is 0 Å². The van der Waals surface area contributed by atoms with Gasteiger partial charge in [0.25, 0.3) is 0 Å². The van der Waals surface area contributed by atoms with E-state index >= 15 is 0 Å². The van der Waals surface area contributed by atoms with Gasteiger partial charge in [-0.3, -0.25) is 10.0 Å². The number of nitrogens with one attached hydrogen (secondary N) is 1. The number of hydroxylamine groups is 1. The largest absolute Gasteiger partial charge is 0.289 e. The fourth-order valence-corrected chi connectivity index (χ4v) is 1.34. The monoisotopic (exact) mass is 199 g/mol. The molecule has 0 aliphatic carbocycles. The molecule has 82 valence electrons. The Morgan fingerprint density at radius 1 is 1.14 bits per heavy atom. The van der Waals surface area contributed by atoms with E-state index in [0.717, 1.165) is 19.3 Å². The normalized spacial score (nSPS) is 9.79. The lowest BCUT2D eigenvalue weighted by Crippen LogP contribution is -2.17. The smallest absolute Gasteiger partial charge is 0.243 e. The van der Waals surface area contributed by atoms with Gasteiger partial charge in [0.15, 0.2) is 0 Å². The lowest BCUT2D eigenvalue weighted by Gasteiger charge is -2.00. The third-order valence-corrected chi connectivity index (χ3v) is 2.19. The summed E-state index contributed by atoms with van der Waals surface area (Å²) in [5.41, 5.74) is 1.63. The van der Waals surface area contributed by atoms with Crippen LogP contribution in [-0.4, -0.2) is 11.1 Å². The number of hydrogen-bond donors (Lipinski definition) is 2. The highest BCUT2D eigenvalue weighted by atomic mass is 16.5. The summed E-state index contributed by atoms with van der Waals surface area (Å²) < 4.78 is 0. The van der Waals surface area contributed by atoms with Gasteiger partial charge in [-0.1, -0.05) is 31.8 Å². The zero-order valence-electron chi connectivity index (χ0n) is 8.80. The highest BCUT2D eigenvalue weighted by molar-refractivity contribution is 5.74. The van der Waals surface area contributed by atoms with Crippen molar-refractivity contribution < 1.29 is 10.0 Å². The minimum atomic E-state index is -0.281. The molecule has 0 heterocycles. The molecule has 0 aliphatic heterocycles. The Morgan fingerprint density at radius 3 is 2.29 bits per heavy atom. The third kappa shape index (κ3) is 9.26. The fraction of sp³-hybridized carbons (Fsp3) is 0.727. The Labute approximate surface area is 86.2 Å². The first kappa shape index (κ1) is 13.2. The second-order valence-corrected chi connectivity index (χ2v) is 3.48. The summed E-state index contributed by atoms with van der Waals surface area (Å²) in [6, 6.07) is 0. The molecule has 0 spiro atoms. The zero-order chi connectivity index (χ0) is 10.6. The van der Waals surface area contributed by atoms with Gasteiger partial charge in [0.1, 0.15) is 0 Å². The van der Waals surface area contributed by atoms with Crippen LogP contribution in [0.15, 0.2) is 12.7 Å². The molecular weight excluding hydrogens is 178 g/mol. The van der Waals surface area contributed by atoms with Crippen molar-refractivity contribution in [1.82, 2.24) is 5.48 Å². The number of rotatable bonds is 9. The van der Waals surface area contributed by atoms with Crippen LogP contribution in [0.1, 0.15) is 51.4 Å². The summed E-state index contributed by atoms with van der Waals surface area (Å²) in [6.07, 6.45) is 10.3. The number of carbonyl (C=O) groups is 1. The van der Waals surface area contributed by atoms with Crippen LogP contribution in [-0.2, 0) is 4.79 Å². The molecule has 0 rings (SSSR count). The van der Waals surface area contributed by atoms with Crippen LogP contribution in [0.4, 0.5) is 0 Å². The van der Waals surface area contributed by atoms with E-state index in [1.165, 1.54) is 25.7 Å². The molecule has 2 N–H and O–H groups in total. The lowest BCUT2D eigenvalue weighted by atomic mass is 10.1. The summed E-state index contributed by atoms with van der Waals surface area (Å²) in [5, 5.41) is 8.23. The van der Waals surface area contributed by atoms with Crippen LogP contribution < -0.4 is 5.48 Å². The van der Waals surface area contributed by atoms with Gasteiger partial charge in [-0.05, 0) is 19.3 Å². The maximum absolute atomic E-state index is 10.6.